The topological polar surface area (TPSA) is 814 Å². The van der Waals surface area contributed by atoms with Crippen molar-refractivity contribution >= 4 is 50.4 Å². The molecule has 0 aromatic rings. The van der Waals surface area contributed by atoms with Gasteiger partial charge in [-0.25, -0.2) is 19.2 Å². The average molecular weight is 1550 g/mol. The van der Waals surface area contributed by atoms with Crippen molar-refractivity contribution in [2.75, 3.05) is 33.0 Å². The highest BCUT2D eigenvalue weighted by molar-refractivity contribution is 7.84. The smallest absolute Gasteiger partial charge is 0.335 e. The third-order valence-corrected chi connectivity index (χ3v) is 18.6. The second-order valence-electron chi connectivity index (χ2n) is 24.4. The summed E-state index contributed by atoms with van der Waals surface area (Å²) in [6.07, 6.45) is -84.1. The van der Waals surface area contributed by atoms with Crippen LogP contribution in [-0.2, 0) is 116 Å². The van der Waals surface area contributed by atoms with Crippen LogP contribution in [0.3, 0.4) is 0 Å². The molecular weight excluding hydrogens is 1470 g/mol. The monoisotopic (exact) mass is 1550 g/mol. The fourth-order valence-electron chi connectivity index (χ4n) is 12.5. The van der Waals surface area contributed by atoms with E-state index < -0.39 is 323 Å². The van der Waals surface area contributed by atoms with Crippen molar-refractivity contribution in [3.8, 4) is 0 Å². The molecule has 8 aliphatic heterocycles. The van der Waals surface area contributed by atoms with Gasteiger partial charge in [-0.15, -0.1) is 0 Å². The molecule has 8 rings (SSSR count). The van der Waals surface area contributed by atoms with Gasteiger partial charge in [0.2, 0.25) is 5.91 Å². The van der Waals surface area contributed by atoms with Gasteiger partial charge in [-0.2, -0.15) is 26.3 Å². The standard InChI is InChI=1S/C50H79N3O48S2/c1-7(59)51-13-17(61)30(92-49-28(72)24(68)35(39(101-49)43(79)80)97-45-14(52-102(81,82)83)18(62)31(11(5-57)89-45)93-47-25(69)20(64)21(65)36(98-47)40(73)74)10(4-56)88-44(13)95-33-22(66)27(71)50(100-37(33)41(75)76)94-32-12(6-58)90-46(15(19(32)63)53-103(84,85)86)96-34-23(67)26(70)48(99-38(34)42(77)78)91-29-9(3-55)87-8(2-54)16(29)60/h8-39,44-50,52-58,60-72H,2-6H2,1H3,(H,51,59)(H,73,74)(H,75,76)(H,77,78)(H,79,80)(H,81,82,83)(H,84,85,86)/t8-,9-,10-,11-,12-,13-,14-,15-,16-,17-,18-,19-,20+,21+,22-,23-,24-,25-,26-,27-,28-,29-,30-,31-,32-,33+,34+,35+,36+,37+,38+,39+,44-,45-,46-,47-,48-,49-,50-/m1/s1. The van der Waals surface area contributed by atoms with Gasteiger partial charge in [-0.3, -0.25) is 13.9 Å². The van der Waals surface area contributed by atoms with Gasteiger partial charge in [0, 0.05) is 6.92 Å². The molecule has 0 aromatic carbocycles. The molecule has 103 heavy (non-hydrogen) atoms. The van der Waals surface area contributed by atoms with Crippen molar-refractivity contribution in [1.29, 1.82) is 0 Å². The molecule has 0 unspecified atom stereocenters. The Morgan fingerprint density at radius 1 is 0.301 bits per heavy atom. The third kappa shape index (κ3) is 18.6. The second kappa shape index (κ2) is 34.6. The summed E-state index contributed by atoms with van der Waals surface area (Å²) < 4.78 is 154. The Morgan fingerprint density at radius 3 is 0.835 bits per heavy atom. The van der Waals surface area contributed by atoms with E-state index in [1.165, 1.54) is 9.44 Å². The quantitative estimate of drug-likeness (QED) is 0.0324. The van der Waals surface area contributed by atoms with Crippen molar-refractivity contribution in [3.63, 3.8) is 0 Å². The van der Waals surface area contributed by atoms with E-state index in [1.807, 2.05) is 0 Å². The van der Waals surface area contributed by atoms with E-state index in [2.05, 4.69) is 5.32 Å². The molecule has 1 amide bonds. The lowest BCUT2D eigenvalue weighted by atomic mass is 9.93. The number of aliphatic hydroxyl groups excluding tert-OH is 18. The summed E-state index contributed by atoms with van der Waals surface area (Å²) in [4.78, 5) is 62.9. The Labute approximate surface area is 576 Å². The highest BCUT2D eigenvalue weighted by Crippen LogP contribution is 2.39. The van der Waals surface area contributed by atoms with Crippen molar-refractivity contribution in [2.24, 2.45) is 0 Å². The minimum absolute atomic E-state index is 0.808. The van der Waals surface area contributed by atoms with Crippen LogP contribution in [0.5, 0.6) is 0 Å². The van der Waals surface area contributed by atoms with Crippen LogP contribution < -0.4 is 14.8 Å². The van der Waals surface area contributed by atoms with Crippen molar-refractivity contribution in [2.45, 2.75) is 246 Å². The molecule has 0 spiro atoms. The number of carbonyl (C=O) groups excluding carboxylic acids is 1. The van der Waals surface area contributed by atoms with Gasteiger partial charge in [0.25, 0.3) is 0 Å². The number of hydrogen-bond acceptors (Lipinski definition) is 42. The molecule has 27 N–H and O–H groups in total. The van der Waals surface area contributed by atoms with Gasteiger partial charge >= 0.3 is 44.5 Å². The lowest BCUT2D eigenvalue weighted by Crippen LogP contribution is -2.71. The van der Waals surface area contributed by atoms with Crippen LogP contribution in [0.2, 0.25) is 0 Å². The van der Waals surface area contributed by atoms with Gasteiger partial charge in [-0.05, 0) is 0 Å². The molecule has 0 radical (unpaired) electrons. The molecule has 0 aromatic heterocycles. The van der Waals surface area contributed by atoms with E-state index in [0.717, 1.165) is 6.92 Å². The summed E-state index contributed by atoms with van der Waals surface area (Å²) in [5.74, 6) is -9.30. The van der Waals surface area contributed by atoms with Crippen LogP contribution >= 0.6 is 0 Å². The molecule has 53 heteroatoms. The van der Waals surface area contributed by atoms with E-state index in [1.54, 1.807) is 0 Å². The molecule has 0 saturated carbocycles. The Kier molecular flexibility index (Phi) is 28.3. The first-order chi connectivity index (χ1) is 48.1. The normalized spacial score (nSPS) is 47.1. The predicted molar refractivity (Wildman–Crippen MR) is 302 cm³/mol. The summed E-state index contributed by atoms with van der Waals surface area (Å²) in [5, 5.41) is 238. The van der Waals surface area contributed by atoms with E-state index in [-0.39, 0.29) is 0 Å². The largest absolute Gasteiger partial charge is 0.479 e. The van der Waals surface area contributed by atoms with Gasteiger partial charge in [-0.1, -0.05) is 0 Å². The number of carboxylic acids is 4. The minimum Gasteiger partial charge on any atom is -0.479 e. The van der Waals surface area contributed by atoms with E-state index in [0.29, 0.717) is 0 Å². The summed E-state index contributed by atoms with van der Waals surface area (Å²) in [7, 11) is -11.1. The van der Waals surface area contributed by atoms with Crippen molar-refractivity contribution < 1.29 is 233 Å². The molecule has 51 nitrogen and oxygen atoms in total. The second-order valence-corrected chi connectivity index (χ2v) is 26.7. The molecule has 39 atom stereocenters. The first-order valence-electron chi connectivity index (χ1n) is 30.5. The molecule has 594 valence electrons. The summed E-state index contributed by atoms with van der Waals surface area (Å²) in [5.41, 5.74) is 0. The Morgan fingerprint density at radius 2 is 0.553 bits per heavy atom. The number of carboxylic acid groups (broad SMARTS) is 4. The zero-order chi connectivity index (χ0) is 76.7. The van der Waals surface area contributed by atoms with Crippen LogP contribution in [-0.4, -0.2) is 440 Å². The molecule has 0 aliphatic carbocycles. The van der Waals surface area contributed by atoms with E-state index in [4.69, 9.17) is 71.1 Å². The predicted octanol–water partition coefficient (Wildman–Crippen LogP) is -18.5. The number of carbonyl (C=O) groups is 5. The SMILES string of the molecule is CC(=O)N[C@H]1[C@@H](O[C@H]2[C@H](O)[C@@H](O)[C@H](O[C@H]3[C@H](O)[C@@H](NS(=O)(=O)O)[C@@H](O[C@H]4[C@H](O)[C@@H](O)[C@H](O[C@H]5[C@H](O)[C@@H](CO)O[C@@H]5CO)O[C@@H]4C(=O)O)O[C@@H]3CO)O[C@@H]2C(=O)O)O[C@H](CO)[C@@H](O[C@@H]2O[C@H](C(=O)O)[C@@H](O[C@H]3O[C@H](CO)[C@@H](O[C@@H]4O[C@H](C(=O)O)[C@@H](O)[C@H](O)[C@H]4O)[C@H](O)[C@H]3NS(=O)(=O)O)[C@H](O)[C@H]2O)[C@@H]1O. The summed E-state index contributed by atoms with van der Waals surface area (Å²) >= 11 is 0. The highest BCUT2D eigenvalue weighted by Gasteiger charge is 2.62. The third-order valence-electron chi connectivity index (χ3n) is 17.5. The van der Waals surface area contributed by atoms with Gasteiger partial charge in [0.1, 0.15) is 171 Å². The van der Waals surface area contributed by atoms with E-state index >= 15 is 0 Å². The van der Waals surface area contributed by atoms with Crippen molar-refractivity contribution in [3.05, 3.63) is 0 Å². The number of aliphatic carboxylic acids is 4. The van der Waals surface area contributed by atoms with Crippen LogP contribution in [0.25, 0.3) is 0 Å². The van der Waals surface area contributed by atoms with Gasteiger partial charge in [0.05, 0.1) is 33.0 Å². The van der Waals surface area contributed by atoms with Gasteiger partial charge < -0.3 is 189 Å². The van der Waals surface area contributed by atoms with Crippen LogP contribution in [0.4, 0.5) is 0 Å². The maximum Gasteiger partial charge on any atom is 0.335 e. The Hall–Kier alpha value is -4.23. The Bertz CT molecular complexity index is 3120. The fourth-order valence-corrected chi connectivity index (χ4v) is 13.7. The zero-order valence-corrected chi connectivity index (χ0v) is 54.0. The number of aliphatic hydroxyl groups is 18. The van der Waals surface area contributed by atoms with Crippen LogP contribution in [0.1, 0.15) is 6.92 Å². The number of amides is 1. The zero-order valence-electron chi connectivity index (χ0n) is 52.4. The number of rotatable bonds is 28. The van der Waals surface area contributed by atoms with Crippen LogP contribution in [0, 0.1) is 0 Å². The van der Waals surface area contributed by atoms with Gasteiger partial charge in [0.15, 0.2) is 68.4 Å². The summed E-state index contributed by atoms with van der Waals surface area (Å²) in [6.45, 7) is -4.91. The lowest BCUT2D eigenvalue weighted by molar-refractivity contribution is -0.381. The molecule has 0 bridgehead atoms. The average Bonchev–Trinajstić information content (AvgIpc) is 1.21. The van der Waals surface area contributed by atoms with Crippen LogP contribution in [0.15, 0.2) is 0 Å². The highest BCUT2D eigenvalue weighted by atomic mass is 32.2. The molecule has 8 aliphatic rings. The first-order valence-corrected chi connectivity index (χ1v) is 33.4. The number of hydrogen-bond donors (Lipinski definition) is 27. The first kappa shape index (κ1) is 84.4. The lowest BCUT2D eigenvalue weighted by Gasteiger charge is -2.50. The minimum atomic E-state index is -5.59. The Balaban J connectivity index is 0.960. The molecule has 8 heterocycles. The maximum absolute atomic E-state index is 13.0. The molecule has 8 saturated heterocycles. The number of nitrogens with one attached hydrogen (secondary N) is 3. The van der Waals surface area contributed by atoms with E-state index in [9.17, 15) is 162 Å². The summed E-state index contributed by atoms with van der Waals surface area (Å²) in [6, 6.07) is -7.15. The number of ether oxygens (including phenoxy) is 15. The molecule has 8 fully saturated rings. The van der Waals surface area contributed by atoms with Crippen molar-refractivity contribution in [1.82, 2.24) is 14.8 Å². The molecular formula is C50H79N3O48S2. The maximum atomic E-state index is 13.0. The fraction of sp³-hybridized carbons (Fsp3) is 0.900.